The Morgan fingerprint density at radius 3 is 2.35 bits per heavy atom. The Balaban J connectivity index is 2.06. The highest BCUT2D eigenvalue weighted by molar-refractivity contribution is 5.85. The molecule has 26 heavy (non-hydrogen) atoms. The predicted molar refractivity (Wildman–Crippen MR) is 94.6 cm³/mol. The summed E-state index contributed by atoms with van der Waals surface area (Å²) in [5.74, 6) is -0.379. The molecule has 2 aromatic carbocycles. The fourth-order valence-electron chi connectivity index (χ4n) is 2.48. The molecule has 7 nitrogen and oxygen atoms in total. The molecule has 0 fully saturated rings. The van der Waals surface area contributed by atoms with Crippen LogP contribution in [0.2, 0.25) is 0 Å². The van der Waals surface area contributed by atoms with Crippen LogP contribution in [0.25, 0.3) is 0 Å². The minimum absolute atomic E-state index is 0.0213. The molecule has 0 aliphatic carbocycles. The molecule has 1 unspecified atom stereocenters. The van der Waals surface area contributed by atoms with Gasteiger partial charge in [-0.3, -0.25) is 4.79 Å². The molecule has 0 spiro atoms. The highest BCUT2D eigenvalue weighted by Gasteiger charge is 2.21. The fraction of sp³-hybridized carbons (Fsp3) is 0.263. The number of phenols is 1. The molecule has 0 heterocycles. The number of phenolic OH excluding ortho intramolecular Hbond substituents is 1. The van der Waals surface area contributed by atoms with Crippen LogP contribution in [0.3, 0.4) is 0 Å². The van der Waals surface area contributed by atoms with Gasteiger partial charge < -0.3 is 25.0 Å². The number of aliphatic carboxylic acids is 1. The normalized spacial score (nSPS) is 11.5. The summed E-state index contributed by atoms with van der Waals surface area (Å²) in [6, 6.07) is 10.2. The lowest BCUT2D eigenvalue weighted by molar-refractivity contribution is -0.141. The second-order valence-electron chi connectivity index (χ2n) is 5.68. The zero-order valence-electron chi connectivity index (χ0n) is 14.6. The number of benzene rings is 2. The summed E-state index contributed by atoms with van der Waals surface area (Å²) in [6.45, 7) is 0. The van der Waals surface area contributed by atoms with Crippen molar-refractivity contribution < 1.29 is 29.3 Å². The van der Waals surface area contributed by atoms with Crippen LogP contribution < -0.4 is 14.8 Å². The minimum Gasteiger partial charge on any atom is -0.508 e. The lowest BCUT2D eigenvalue weighted by Crippen LogP contribution is -2.43. The maximum atomic E-state index is 12.3. The van der Waals surface area contributed by atoms with E-state index in [1.54, 1.807) is 30.3 Å². The summed E-state index contributed by atoms with van der Waals surface area (Å²) >= 11 is 0. The Morgan fingerprint density at radius 2 is 1.77 bits per heavy atom. The molecule has 2 aromatic rings. The Morgan fingerprint density at radius 1 is 1.08 bits per heavy atom. The second kappa shape index (κ2) is 8.75. The molecule has 2 rings (SSSR count). The van der Waals surface area contributed by atoms with Gasteiger partial charge in [0, 0.05) is 18.1 Å². The lowest BCUT2D eigenvalue weighted by Gasteiger charge is -2.16. The van der Waals surface area contributed by atoms with E-state index < -0.39 is 17.9 Å². The van der Waals surface area contributed by atoms with Crippen molar-refractivity contribution in [2.75, 3.05) is 14.2 Å². The molecule has 138 valence electrons. The number of aromatic hydroxyl groups is 1. The van der Waals surface area contributed by atoms with E-state index in [1.807, 2.05) is 0 Å². The molecule has 0 aromatic heterocycles. The molecule has 0 saturated carbocycles. The molecule has 0 bridgehead atoms. The molecular weight excluding hydrogens is 338 g/mol. The van der Waals surface area contributed by atoms with Crippen molar-refractivity contribution in [2.45, 2.75) is 18.9 Å². The number of amides is 1. The van der Waals surface area contributed by atoms with Crippen LogP contribution in [0.15, 0.2) is 42.5 Å². The maximum absolute atomic E-state index is 12.3. The number of ether oxygens (including phenoxy) is 2. The highest BCUT2D eigenvalue weighted by atomic mass is 16.5. The van der Waals surface area contributed by atoms with Gasteiger partial charge in [0.15, 0.2) is 0 Å². The first kappa shape index (κ1) is 19.1. The molecule has 1 atom stereocenters. The van der Waals surface area contributed by atoms with Gasteiger partial charge in [0.25, 0.3) is 0 Å². The van der Waals surface area contributed by atoms with Crippen molar-refractivity contribution in [1.29, 1.82) is 0 Å². The smallest absolute Gasteiger partial charge is 0.326 e. The number of rotatable bonds is 8. The number of nitrogens with one attached hydrogen (secondary N) is 1. The summed E-state index contributed by atoms with van der Waals surface area (Å²) in [5, 5.41) is 21.2. The topological polar surface area (TPSA) is 105 Å². The van der Waals surface area contributed by atoms with E-state index in [0.29, 0.717) is 22.6 Å². The largest absolute Gasteiger partial charge is 0.508 e. The van der Waals surface area contributed by atoms with Crippen molar-refractivity contribution in [1.82, 2.24) is 5.32 Å². The standard InChI is InChI=1S/C19H21NO6/c1-25-15-8-5-13(17(11-15)26-2)10-18(22)20-16(19(23)24)9-12-3-6-14(21)7-4-12/h3-8,11,16,21H,9-10H2,1-2H3,(H,20,22)(H,23,24). The lowest BCUT2D eigenvalue weighted by atomic mass is 10.0. The summed E-state index contributed by atoms with van der Waals surface area (Å²) in [5.41, 5.74) is 1.32. The average molecular weight is 359 g/mol. The molecular formula is C19H21NO6. The van der Waals surface area contributed by atoms with Crippen molar-refractivity contribution in [2.24, 2.45) is 0 Å². The van der Waals surface area contributed by atoms with Crippen molar-refractivity contribution in [3.8, 4) is 17.2 Å². The average Bonchev–Trinajstić information content (AvgIpc) is 2.63. The SMILES string of the molecule is COc1ccc(CC(=O)NC(Cc2ccc(O)cc2)C(=O)O)c(OC)c1. The van der Waals surface area contributed by atoms with E-state index in [9.17, 15) is 19.8 Å². The third-order valence-electron chi connectivity index (χ3n) is 3.85. The van der Waals surface area contributed by atoms with E-state index in [4.69, 9.17) is 9.47 Å². The van der Waals surface area contributed by atoms with Crippen LogP contribution in [-0.2, 0) is 22.4 Å². The number of carboxylic acid groups (broad SMARTS) is 1. The van der Waals surface area contributed by atoms with E-state index in [-0.39, 0.29) is 18.6 Å². The quantitative estimate of drug-likeness (QED) is 0.663. The number of hydrogen-bond donors (Lipinski definition) is 3. The molecule has 7 heteroatoms. The first-order valence-corrected chi connectivity index (χ1v) is 7.94. The molecule has 0 aliphatic heterocycles. The summed E-state index contributed by atoms with van der Waals surface area (Å²) < 4.78 is 10.4. The second-order valence-corrected chi connectivity index (χ2v) is 5.68. The molecule has 1 amide bonds. The Kier molecular flexibility index (Phi) is 6.43. The zero-order valence-corrected chi connectivity index (χ0v) is 14.6. The summed E-state index contributed by atoms with van der Waals surface area (Å²) in [7, 11) is 3.02. The Hall–Kier alpha value is -3.22. The van der Waals surface area contributed by atoms with Gasteiger partial charge in [0.2, 0.25) is 5.91 Å². The first-order chi connectivity index (χ1) is 12.4. The van der Waals surface area contributed by atoms with E-state index in [2.05, 4.69) is 5.32 Å². The van der Waals surface area contributed by atoms with Gasteiger partial charge in [-0.25, -0.2) is 4.79 Å². The molecule has 0 aliphatic rings. The number of hydrogen-bond acceptors (Lipinski definition) is 5. The fourth-order valence-corrected chi connectivity index (χ4v) is 2.48. The van der Waals surface area contributed by atoms with Gasteiger partial charge in [-0.15, -0.1) is 0 Å². The Labute approximate surface area is 151 Å². The van der Waals surface area contributed by atoms with Crippen molar-refractivity contribution in [3.05, 3.63) is 53.6 Å². The summed E-state index contributed by atoms with van der Waals surface area (Å²) in [4.78, 5) is 23.8. The maximum Gasteiger partial charge on any atom is 0.326 e. The van der Waals surface area contributed by atoms with Crippen LogP contribution >= 0.6 is 0 Å². The van der Waals surface area contributed by atoms with Gasteiger partial charge in [-0.2, -0.15) is 0 Å². The predicted octanol–water partition coefficient (Wildman–Crippen LogP) is 1.76. The van der Waals surface area contributed by atoms with Crippen LogP contribution in [0.5, 0.6) is 17.2 Å². The van der Waals surface area contributed by atoms with E-state index in [0.717, 1.165) is 0 Å². The van der Waals surface area contributed by atoms with Gasteiger partial charge in [-0.05, 0) is 23.8 Å². The van der Waals surface area contributed by atoms with Crippen LogP contribution in [0, 0.1) is 0 Å². The minimum atomic E-state index is -1.13. The molecule has 3 N–H and O–H groups in total. The number of carbonyl (C=O) groups is 2. The van der Waals surface area contributed by atoms with Crippen LogP contribution in [0.4, 0.5) is 0 Å². The summed E-state index contributed by atoms with van der Waals surface area (Å²) in [6.07, 6.45) is 0.0909. The highest BCUT2D eigenvalue weighted by Crippen LogP contribution is 2.25. The van der Waals surface area contributed by atoms with E-state index in [1.165, 1.54) is 26.4 Å². The number of carboxylic acids is 1. The number of carbonyl (C=O) groups excluding carboxylic acids is 1. The van der Waals surface area contributed by atoms with Gasteiger partial charge >= 0.3 is 5.97 Å². The van der Waals surface area contributed by atoms with Gasteiger partial charge in [0.1, 0.15) is 23.3 Å². The zero-order chi connectivity index (χ0) is 19.1. The monoisotopic (exact) mass is 359 g/mol. The van der Waals surface area contributed by atoms with Gasteiger partial charge in [-0.1, -0.05) is 18.2 Å². The van der Waals surface area contributed by atoms with Crippen LogP contribution in [0.1, 0.15) is 11.1 Å². The molecule has 0 saturated heterocycles. The van der Waals surface area contributed by atoms with Crippen molar-refractivity contribution >= 4 is 11.9 Å². The third-order valence-corrected chi connectivity index (χ3v) is 3.85. The van der Waals surface area contributed by atoms with Crippen LogP contribution in [-0.4, -0.2) is 42.4 Å². The van der Waals surface area contributed by atoms with E-state index >= 15 is 0 Å². The van der Waals surface area contributed by atoms with Gasteiger partial charge in [0.05, 0.1) is 20.6 Å². The first-order valence-electron chi connectivity index (χ1n) is 7.94. The van der Waals surface area contributed by atoms with Crippen molar-refractivity contribution in [3.63, 3.8) is 0 Å². The Bertz CT molecular complexity index is 772. The molecule has 0 radical (unpaired) electrons. The number of methoxy groups -OCH3 is 2. The third kappa shape index (κ3) is 5.14.